The van der Waals surface area contributed by atoms with E-state index in [-0.39, 0.29) is 17.0 Å². The SMILES string of the molecule is Cn1cc(-c2cc(S(C)(=O)=O)ccc2Oc2cccc(NCc3cc(F)cc(F)c3)c2)c2cc[nH]c2c1=O. The minimum Gasteiger partial charge on any atom is -0.457 e. The lowest BCUT2D eigenvalue weighted by molar-refractivity contribution is 0.484. The Morgan fingerprint density at radius 2 is 1.74 bits per heavy atom. The number of hydrogen-bond acceptors (Lipinski definition) is 5. The van der Waals surface area contributed by atoms with Crippen molar-refractivity contribution in [2.24, 2.45) is 7.05 Å². The van der Waals surface area contributed by atoms with Crippen LogP contribution in [-0.4, -0.2) is 24.2 Å². The molecule has 0 radical (unpaired) electrons. The summed E-state index contributed by atoms with van der Waals surface area (Å²) in [5, 5.41) is 3.74. The van der Waals surface area contributed by atoms with Crippen LogP contribution in [0.25, 0.3) is 22.0 Å². The number of rotatable bonds is 7. The van der Waals surface area contributed by atoms with Crippen LogP contribution in [0.4, 0.5) is 14.5 Å². The quantitative estimate of drug-likeness (QED) is 0.282. The average Bonchev–Trinajstić information content (AvgIpc) is 3.35. The predicted octanol–water partition coefficient (Wildman–Crippen LogP) is 5.62. The van der Waals surface area contributed by atoms with Crippen molar-refractivity contribution >= 4 is 26.4 Å². The first-order valence-corrected chi connectivity index (χ1v) is 13.5. The molecule has 0 saturated heterocycles. The number of anilines is 1. The Morgan fingerprint density at radius 3 is 2.47 bits per heavy atom. The molecule has 2 N–H and O–H groups in total. The first-order chi connectivity index (χ1) is 18.1. The van der Waals surface area contributed by atoms with Gasteiger partial charge in [-0.1, -0.05) is 6.07 Å². The number of hydrogen-bond donors (Lipinski definition) is 2. The molecule has 0 bridgehead atoms. The third-order valence-electron chi connectivity index (χ3n) is 6.04. The molecule has 0 aliphatic heterocycles. The summed E-state index contributed by atoms with van der Waals surface area (Å²) in [6, 6.07) is 16.6. The van der Waals surface area contributed by atoms with Crippen molar-refractivity contribution < 1.29 is 21.9 Å². The molecule has 38 heavy (non-hydrogen) atoms. The highest BCUT2D eigenvalue weighted by molar-refractivity contribution is 7.90. The molecule has 0 aliphatic carbocycles. The fraction of sp³-hybridized carbons (Fsp3) is 0.107. The van der Waals surface area contributed by atoms with Gasteiger partial charge in [0.15, 0.2) is 9.84 Å². The highest BCUT2D eigenvalue weighted by Crippen LogP contribution is 2.38. The number of nitrogens with zero attached hydrogens (tertiary/aromatic N) is 1. The van der Waals surface area contributed by atoms with Gasteiger partial charge < -0.3 is 19.6 Å². The zero-order valence-electron chi connectivity index (χ0n) is 20.5. The Bertz CT molecular complexity index is 1830. The van der Waals surface area contributed by atoms with Gasteiger partial charge in [0, 0.05) is 66.6 Å². The standard InChI is InChI=1S/C28H23F2N3O4S/c1-33-16-25(23-8-9-31-27(23)28(33)34)24-14-22(38(2,35)36)6-7-26(24)37-21-5-3-4-20(13-21)32-15-17-10-18(29)12-19(30)11-17/h3-14,16,31-32H,15H2,1-2H3. The first-order valence-electron chi connectivity index (χ1n) is 11.6. The molecule has 0 saturated carbocycles. The number of aryl methyl sites for hydroxylation is 1. The van der Waals surface area contributed by atoms with Crippen LogP contribution < -0.4 is 15.6 Å². The highest BCUT2D eigenvalue weighted by Gasteiger charge is 2.18. The van der Waals surface area contributed by atoms with Crippen LogP contribution in [0.5, 0.6) is 11.5 Å². The molecular formula is C28H23F2N3O4S. The Kier molecular flexibility index (Phi) is 6.50. The van der Waals surface area contributed by atoms with E-state index < -0.39 is 21.5 Å². The van der Waals surface area contributed by atoms with Gasteiger partial charge in [-0.3, -0.25) is 4.79 Å². The Labute approximate surface area is 217 Å². The lowest BCUT2D eigenvalue weighted by Gasteiger charge is -2.15. The van der Waals surface area contributed by atoms with Gasteiger partial charge in [-0.2, -0.15) is 0 Å². The monoisotopic (exact) mass is 535 g/mol. The molecule has 10 heteroatoms. The number of ether oxygens (including phenoxy) is 1. The number of H-pyrrole nitrogens is 1. The van der Waals surface area contributed by atoms with Crippen molar-refractivity contribution in [3.63, 3.8) is 0 Å². The molecular weight excluding hydrogens is 512 g/mol. The molecule has 0 amide bonds. The van der Waals surface area contributed by atoms with E-state index in [2.05, 4.69) is 10.3 Å². The normalized spacial score (nSPS) is 11.6. The molecule has 7 nitrogen and oxygen atoms in total. The van der Waals surface area contributed by atoms with Gasteiger partial charge in [-0.15, -0.1) is 0 Å². The average molecular weight is 536 g/mol. The van der Waals surface area contributed by atoms with Crippen LogP contribution in [0.2, 0.25) is 0 Å². The Hall–Kier alpha value is -4.44. The zero-order valence-corrected chi connectivity index (χ0v) is 21.3. The van der Waals surface area contributed by atoms with Gasteiger partial charge in [0.2, 0.25) is 0 Å². The molecule has 0 unspecified atom stereocenters. The van der Waals surface area contributed by atoms with Crippen molar-refractivity contribution in [1.82, 2.24) is 9.55 Å². The lowest BCUT2D eigenvalue weighted by atomic mass is 10.0. The van der Waals surface area contributed by atoms with Gasteiger partial charge in [-0.05, 0) is 54.1 Å². The number of aromatic amines is 1. The fourth-order valence-electron chi connectivity index (χ4n) is 4.24. The second kappa shape index (κ2) is 9.79. The molecule has 3 aromatic carbocycles. The maximum Gasteiger partial charge on any atom is 0.274 e. The first kappa shape index (κ1) is 25.2. The molecule has 0 spiro atoms. The van der Waals surface area contributed by atoms with Gasteiger partial charge in [-0.25, -0.2) is 17.2 Å². The minimum absolute atomic E-state index is 0.107. The second-order valence-corrected chi connectivity index (χ2v) is 10.9. The van der Waals surface area contributed by atoms with Crippen molar-refractivity contribution in [3.8, 4) is 22.6 Å². The summed E-state index contributed by atoms with van der Waals surface area (Å²) >= 11 is 0. The number of aromatic nitrogens is 2. The van der Waals surface area contributed by atoms with Crippen molar-refractivity contribution in [3.05, 3.63) is 107 Å². The largest absolute Gasteiger partial charge is 0.457 e. The number of nitrogens with one attached hydrogen (secondary N) is 2. The molecule has 0 fully saturated rings. The summed E-state index contributed by atoms with van der Waals surface area (Å²) in [5.74, 6) is -0.482. The summed E-state index contributed by atoms with van der Waals surface area (Å²) in [4.78, 5) is 15.6. The number of fused-ring (bicyclic) bond motifs is 1. The van der Waals surface area contributed by atoms with Crippen LogP contribution in [0, 0.1) is 11.6 Å². The van der Waals surface area contributed by atoms with E-state index >= 15 is 0 Å². The maximum atomic E-state index is 13.5. The number of sulfone groups is 1. The molecule has 0 aliphatic rings. The summed E-state index contributed by atoms with van der Waals surface area (Å²) in [6.07, 6.45) is 4.41. The summed E-state index contributed by atoms with van der Waals surface area (Å²) in [7, 11) is -1.91. The molecule has 2 heterocycles. The van der Waals surface area contributed by atoms with E-state index in [1.807, 2.05) is 0 Å². The number of pyridine rings is 1. The van der Waals surface area contributed by atoms with E-state index in [0.29, 0.717) is 44.8 Å². The third-order valence-corrected chi connectivity index (χ3v) is 7.15. The molecule has 194 valence electrons. The Balaban J connectivity index is 1.52. The topological polar surface area (TPSA) is 93.2 Å². The second-order valence-electron chi connectivity index (χ2n) is 8.92. The lowest BCUT2D eigenvalue weighted by Crippen LogP contribution is -2.16. The van der Waals surface area contributed by atoms with E-state index in [9.17, 15) is 22.0 Å². The third kappa shape index (κ3) is 5.16. The van der Waals surface area contributed by atoms with Gasteiger partial charge >= 0.3 is 0 Å². The summed E-state index contributed by atoms with van der Waals surface area (Å²) in [6.45, 7) is 0.190. The minimum atomic E-state index is -3.52. The van der Waals surface area contributed by atoms with Crippen LogP contribution in [0.3, 0.4) is 0 Å². The van der Waals surface area contributed by atoms with E-state index in [1.54, 1.807) is 55.8 Å². The van der Waals surface area contributed by atoms with Crippen molar-refractivity contribution in [2.75, 3.05) is 11.6 Å². The van der Waals surface area contributed by atoms with Crippen LogP contribution in [0.1, 0.15) is 5.56 Å². The van der Waals surface area contributed by atoms with Crippen molar-refractivity contribution in [1.29, 1.82) is 0 Å². The molecule has 2 aromatic heterocycles. The molecule has 0 atom stereocenters. The Morgan fingerprint density at radius 1 is 0.974 bits per heavy atom. The summed E-state index contributed by atoms with van der Waals surface area (Å²) < 4.78 is 59.3. The van der Waals surface area contributed by atoms with Crippen molar-refractivity contribution in [2.45, 2.75) is 11.4 Å². The number of benzene rings is 3. The van der Waals surface area contributed by atoms with E-state index in [4.69, 9.17) is 4.74 Å². The van der Waals surface area contributed by atoms with Crippen LogP contribution >= 0.6 is 0 Å². The number of halogens is 2. The van der Waals surface area contributed by atoms with Gasteiger partial charge in [0.25, 0.3) is 5.56 Å². The van der Waals surface area contributed by atoms with Gasteiger partial charge in [0.05, 0.1) is 4.90 Å². The molecule has 5 rings (SSSR count). The highest BCUT2D eigenvalue weighted by atomic mass is 32.2. The maximum absolute atomic E-state index is 13.5. The van der Waals surface area contributed by atoms with Crippen LogP contribution in [-0.2, 0) is 23.4 Å². The van der Waals surface area contributed by atoms with Gasteiger partial charge in [0.1, 0.15) is 28.7 Å². The van der Waals surface area contributed by atoms with E-state index in [0.717, 1.165) is 12.3 Å². The van der Waals surface area contributed by atoms with Crippen LogP contribution in [0.15, 0.2) is 88.8 Å². The predicted molar refractivity (Wildman–Crippen MR) is 142 cm³/mol. The zero-order chi connectivity index (χ0) is 27.0. The summed E-state index contributed by atoms with van der Waals surface area (Å²) in [5.41, 5.74) is 2.37. The fourth-order valence-corrected chi connectivity index (χ4v) is 4.88. The van der Waals surface area contributed by atoms with E-state index in [1.165, 1.54) is 28.8 Å². The smallest absolute Gasteiger partial charge is 0.274 e. The molecule has 5 aromatic rings.